The minimum Gasteiger partial charge on any atom is -0.468 e. The highest BCUT2D eigenvalue weighted by molar-refractivity contribution is 6.03. The van der Waals surface area contributed by atoms with Gasteiger partial charge in [-0.3, -0.25) is 14.9 Å². The zero-order chi connectivity index (χ0) is 13.3. The molecule has 1 aliphatic heterocycles. The van der Waals surface area contributed by atoms with E-state index in [-0.39, 0.29) is 18.4 Å². The fourth-order valence-electron chi connectivity index (χ4n) is 2.04. The number of carbonyl (C=O) groups is 2. The number of nitrogens with one attached hydrogen (secondary N) is 2. The molecule has 5 heteroatoms. The second kappa shape index (κ2) is 4.78. The molecule has 0 spiro atoms. The van der Waals surface area contributed by atoms with Crippen molar-refractivity contribution < 1.29 is 14.3 Å². The van der Waals surface area contributed by atoms with E-state index >= 15 is 0 Å². The van der Waals surface area contributed by atoms with E-state index in [1.165, 1.54) is 7.11 Å². The number of ether oxygens (including phenoxy) is 1. The van der Waals surface area contributed by atoms with Crippen LogP contribution in [-0.2, 0) is 14.3 Å². The molecule has 5 nitrogen and oxygen atoms in total. The largest absolute Gasteiger partial charge is 0.468 e. The maximum absolute atomic E-state index is 11.9. The summed E-state index contributed by atoms with van der Waals surface area (Å²) in [5.41, 5.74) is 3.92. The smallest absolute Gasteiger partial charge is 0.319 e. The summed E-state index contributed by atoms with van der Waals surface area (Å²) in [5.74, 6) is -0.525. The first-order chi connectivity index (χ1) is 8.54. The van der Waals surface area contributed by atoms with E-state index in [2.05, 4.69) is 15.4 Å². The van der Waals surface area contributed by atoms with E-state index < -0.39 is 6.04 Å². The maximum atomic E-state index is 11.9. The Balaban J connectivity index is 2.23. The lowest BCUT2D eigenvalue weighted by Crippen LogP contribution is -2.32. The molecule has 0 bridgehead atoms. The van der Waals surface area contributed by atoms with Crippen molar-refractivity contribution >= 4 is 17.6 Å². The number of aryl methyl sites for hydroxylation is 1. The lowest BCUT2D eigenvalue weighted by Gasteiger charge is -2.11. The fourth-order valence-corrected chi connectivity index (χ4v) is 2.04. The van der Waals surface area contributed by atoms with Crippen molar-refractivity contribution in [3.63, 3.8) is 0 Å². The topological polar surface area (TPSA) is 67.4 Å². The van der Waals surface area contributed by atoms with Crippen LogP contribution in [0.15, 0.2) is 12.1 Å². The summed E-state index contributed by atoms with van der Waals surface area (Å²) in [6, 6.07) is 3.39. The van der Waals surface area contributed by atoms with Crippen molar-refractivity contribution in [2.24, 2.45) is 0 Å². The molecule has 18 heavy (non-hydrogen) atoms. The fraction of sp³-hybridized carbons (Fsp3) is 0.385. The minimum atomic E-state index is -0.488. The lowest BCUT2D eigenvalue weighted by atomic mass is 10.0. The van der Waals surface area contributed by atoms with Crippen LogP contribution in [0, 0.1) is 13.8 Å². The minimum absolute atomic E-state index is 0.0148. The van der Waals surface area contributed by atoms with Gasteiger partial charge >= 0.3 is 5.97 Å². The molecular formula is C13H16N2O3. The van der Waals surface area contributed by atoms with Gasteiger partial charge < -0.3 is 10.1 Å². The molecule has 1 atom stereocenters. The van der Waals surface area contributed by atoms with E-state index in [1.54, 1.807) is 0 Å². The van der Waals surface area contributed by atoms with E-state index in [4.69, 9.17) is 0 Å². The zero-order valence-corrected chi connectivity index (χ0v) is 10.7. The number of esters is 1. The van der Waals surface area contributed by atoms with Gasteiger partial charge in [0.15, 0.2) is 0 Å². The number of amides is 1. The molecule has 0 saturated heterocycles. The number of anilines is 1. The van der Waals surface area contributed by atoms with Crippen LogP contribution in [0.2, 0.25) is 0 Å². The van der Waals surface area contributed by atoms with Crippen LogP contribution in [-0.4, -0.2) is 25.5 Å². The van der Waals surface area contributed by atoms with Gasteiger partial charge in [0.2, 0.25) is 5.91 Å². The second-order valence-electron chi connectivity index (χ2n) is 4.35. The summed E-state index contributed by atoms with van der Waals surface area (Å²) < 4.78 is 4.54. The molecule has 1 amide bonds. The average molecular weight is 248 g/mol. The number of rotatable bonds is 3. The molecule has 0 aromatic heterocycles. The third-order valence-electron chi connectivity index (χ3n) is 3.27. The number of hydrogen-bond acceptors (Lipinski definition) is 4. The van der Waals surface area contributed by atoms with E-state index in [1.807, 2.05) is 26.0 Å². The van der Waals surface area contributed by atoms with Crippen molar-refractivity contribution in [1.29, 1.82) is 0 Å². The van der Waals surface area contributed by atoms with Crippen molar-refractivity contribution in [2.75, 3.05) is 19.0 Å². The normalized spacial score (nSPS) is 17.3. The first kappa shape index (κ1) is 12.6. The molecule has 1 aromatic carbocycles. The van der Waals surface area contributed by atoms with Crippen LogP contribution < -0.4 is 10.6 Å². The number of carbonyl (C=O) groups excluding carboxylic acids is 2. The molecule has 1 aliphatic rings. The Morgan fingerprint density at radius 2 is 2.17 bits per heavy atom. The Hall–Kier alpha value is -1.88. The third-order valence-corrected chi connectivity index (χ3v) is 3.27. The van der Waals surface area contributed by atoms with Crippen LogP contribution >= 0.6 is 0 Å². The summed E-state index contributed by atoms with van der Waals surface area (Å²) in [6.45, 7) is 3.98. The molecule has 0 aliphatic carbocycles. The van der Waals surface area contributed by atoms with Crippen LogP contribution in [0.5, 0.6) is 0 Å². The number of hydrogen-bond donors (Lipinski definition) is 2. The lowest BCUT2D eigenvalue weighted by molar-refractivity contribution is -0.139. The SMILES string of the molecule is COC(=O)CNC1C(=O)Nc2c1ccc(C)c2C. The van der Waals surface area contributed by atoms with Crippen molar-refractivity contribution in [3.05, 3.63) is 28.8 Å². The third kappa shape index (κ3) is 2.09. The van der Waals surface area contributed by atoms with Gasteiger partial charge in [-0.05, 0) is 25.0 Å². The van der Waals surface area contributed by atoms with Crippen LogP contribution in [0.4, 0.5) is 5.69 Å². The Bertz CT molecular complexity index is 511. The standard InChI is InChI=1S/C13H16N2O3/c1-7-4-5-9-11(8(7)2)15-13(17)12(9)14-6-10(16)18-3/h4-5,12,14H,6H2,1-3H3,(H,15,17). The Morgan fingerprint density at radius 3 is 2.83 bits per heavy atom. The number of fused-ring (bicyclic) bond motifs is 1. The van der Waals surface area contributed by atoms with Crippen molar-refractivity contribution in [3.8, 4) is 0 Å². The Morgan fingerprint density at radius 1 is 1.44 bits per heavy atom. The molecule has 2 N–H and O–H groups in total. The van der Waals surface area contributed by atoms with Crippen LogP contribution in [0.25, 0.3) is 0 Å². The molecule has 0 saturated carbocycles. The monoisotopic (exact) mass is 248 g/mol. The van der Waals surface area contributed by atoms with Gasteiger partial charge in [0.05, 0.1) is 13.7 Å². The van der Waals surface area contributed by atoms with Crippen LogP contribution in [0.3, 0.4) is 0 Å². The highest BCUT2D eigenvalue weighted by Gasteiger charge is 2.31. The van der Waals surface area contributed by atoms with E-state index in [9.17, 15) is 9.59 Å². The number of benzene rings is 1. The summed E-state index contributed by atoms with van der Waals surface area (Å²) in [6.07, 6.45) is 0. The number of methoxy groups -OCH3 is 1. The summed E-state index contributed by atoms with van der Waals surface area (Å²) in [7, 11) is 1.32. The molecule has 0 fully saturated rings. The highest BCUT2D eigenvalue weighted by Crippen LogP contribution is 2.34. The van der Waals surface area contributed by atoms with E-state index in [0.717, 1.165) is 22.4 Å². The predicted octanol–water partition coefficient (Wildman–Crippen LogP) is 1.06. The van der Waals surface area contributed by atoms with Gasteiger partial charge in [-0.2, -0.15) is 0 Å². The Kier molecular flexibility index (Phi) is 3.34. The molecule has 2 rings (SSSR count). The summed E-state index contributed by atoms with van der Waals surface area (Å²) in [5, 5.41) is 5.74. The molecule has 1 heterocycles. The van der Waals surface area contributed by atoms with Gasteiger partial charge in [-0.25, -0.2) is 0 Å². The van der Waals surface area contributed by atoms with Gasteiger partial charge in [0.1, 0.15) is 6.04 Å². The summed E-state index contributed by atoms with van der Waals surface area (Å²) in [4.78, 5) is 23.0. The maximum Gasteiger partial charge on any atom is 0.319 e. The van der Waals surface area contributed by atoms with Gasteiger partial charge in [0, 0.05) is 11.3 Å². The first-order valence-electron chi connectivity index (χ1n) is 5.75. The highest BCUT2D eigenvalue weighted by atomic mass is 16.5. The Labute approximate surface area is 106 Å². The molecule has 96 valence electrons. The molecule has 0 radical (unpaired) electrons. The first-order valence-corrected chi connectivity index (χ1v) is 5.75. The molecular weight excluding hydrogens is 232 g/mol. The van der Waals surface area contributed by atoms with Gasteiger partial charge in [0.25, 0.3) is 0 Å². The van der Waals surface area contributed by atoms with Crippen LogP contribution in [0.1, 0.15) is 22.7 Å². The predicted molar refractivity (Wildman–Crippen MR) is 67.3 cm³/mol. The van der Waals surface area contributed by atoms with Crippen molar-refractivity contribution in [2.45, 2.75) is 19.9 Å². The second-order valence-corrected chi connectivity index (χ2v) is 4.35. The van der Waals surface area contributed by atoms with Crippen molar-refractivity contribution in [1.82, 2.24) is 5.32 Å². The summed E-state index contributed by atoms with van der Waals surface area (Å²) >= 11 is 0. The van der Waals surface area contributed by atoms with E-state index in [0.29, 0.717) is 0 Å². The molecule has 1 aromatic rings. The quantitative estimate of drug-likeness (QED) is 0.785. The zero-order valence-electron chi connectivity index (χ0n) is 10.7. The van der Waals surface area contributed by atoms with Gasteiger partial charge in [-0.15, -0.1) is 0 Å². The average Bonchev–Trinajstić information content (AvgIpc) is 2.68. The molecule has 1 unspecified atom stereocenters. The van der Waals surface area contributed by atoms with Gasteiger partial charge in [-0.1, -0.05) is 12.1 Å².